The fourth-order valence-electron chi connectivity index (χ4n) is 4.75. The fourth-order valence-corrected chi connectivity index (χ4v) is 4.75. The van der Waals surface area contributed by atoms with E-state index in [-0.39, 0.29) is 19.0 Å². The van der Waals surface area contributed by atoms with Crippen molar-refractivity contribution >= 4 is 11.1 Å². The van der Waals surface area contributed by atoms with Gasteiger partial charge in [0.15, 0.2) is 6.29 Å². The van der Waals surface area contributed by atoms with Crippen LogP contribution in [0.3, 0.4) is 0 Å². The Bertz CT molecular complexity index is 1290. The number of fused-ring (bicyclic) bond motifs is 1. The van der Waals surface area contributed by atoms with Gasteiger partial charge in [-0.05, 0) is 79.8 Å². The topological polar surface area (TPSA) is 47.9 Å². The third-order valence-corrected chi connectivity index (χ3v) is 6.53. The number of benzene rings is 3. The fraction of sp³-hybridized carbons (Fsp3) is 0.290. The zero-order chi connectivity index (χ0) is 24.2. The monoisotopic (exact) mass is 466 g/mol. The highest BCUT2D eigenvalue weighted by Crippen LogP contribution is 2.47. The summed E-state index contributed by atoms with van der Waals surface area (Å²) in [6.07, 6.45) is 2.67. The Morgan fingerprint density at radius 2 is 1.86 bits per heavy atom. The number of aryl methyl sites for hydroxylation is 1. The van der Waals surface area contributed by atoms with E-state index in [0.717, 1.165) is 65.2 Å². The van der Waals surface area contributed by atoms with E-state index in [4.69, 9.17) is 19.3 Å². The SMILES string of the molecule is CC1=C(c2cccc(OC3CCCCO3)c2)C(c2ccc(C#CCO)cc2)Oc2ccc(C)cc21. The molecule has 0 spiro atoms. The van der Waals surface area contributed by atoms with Crippen LogP contribution in [-0.4, -0.2) is 24.6 Å². The first-order valence-corrected chi connectivity index (χ1v) is 12.2. The Balaban J connectivity index is 1.55. The first-order valence-electron chi connectivity index (χ1n) is 12.2. The molecule has 0 radical (unpaired) electrons. The summed E-state index contributed by atoms with van der Waals surface area (Å²) >= 11 is 0. The molecule has 35 heavy (non-hydrogen) atoms. The highest BCUT2D eigenvalue weighted by atomic mass is 16.7. The Labute approximate surface area is 207 Å². The predicted molar refractivity (Wildman–Crippen MR) is 138 cm³/mol. The average molecular weight is 467 g/mol. The third-order valence-electron chi connectivity index (χ3n) is 6.53. The van der Waals surface area contributed by atoms with Crippen molar-refractivity contribution in [2.45, 2.75) is 45.5 Å². The van der Waals surface area contributed by atoms with E-state index >= 15 is 0 Å². The van der Waals surface area contributed by atoms with Crippen LogP contribution in [0.2, 0.25) is 0 Å². The van der Waals surface area contributed by atoms with E-state index in [1.807, 2.05) is 24.3 Å². The number of rotatable bonds is 4. The lowest BCUT2D eigenvalue weighted by Crippen LogP contribution is -2.25. The van der Waals surface area contributed by atoms with Crippen LogP contribution in [0.5, 0.6) is 11.5 Å². The van der Waals surface area contributed by atoms with Crippen LogP contribution in [0.15, 0.2) is 66.7 Å². The van der Waals surface area contributed by atoms with Gasteiger partial charge in [0.2, 0.25) is 0 Å². The number of aliphatic hydroxyl groups is 1. The second-order valence-corrected chi connectivity index (χ2v) is 9.06. The lowest BCUT2D eigenvalue weighted by Gasteiger charge is -2.31. The summed E-state index contributed by atoms with van der Waals surface area (Å²) in [5.74, 6) is 7.35. The number of hydrogen-bond acceptors (Lipinski definition) is 4. The largest absolute Gasteiger partial charge is 0.480 e. The van der Waals surface area contributed by atoms with E-state index in [2.05, 4.69) is 68.2 Å². The standard InChI is InChI=1S/C31H30O4/c1-21-11-16-28-27(19-21)22(2)30(31(35-28)24-14-12-23(13-15-24)7-6-17-32)25-8-5-9-26(20-25)34-29-10-3-4-18-33-29/h5,8-9,11-16,19-20,29,31-32H,3-4,10,17-18H2,1-2H3. The highest BCUT2D eigenvalue weighted by Gasteiger charge is 2.29. The van der Waals surface area contributed by atoms with Crippen molar-refractivity contribution in [3.05, 3.63) is 94.5 Å². The van der Waals surface area contributed by atoms with Gasteiger partial charge < -0.3 is 19.3 Å². The van der Waals surface area contributed by atoms with Crippen LogP contribution in [-0.2, 0) is 4.74 Å². The molecule has 0 aliphatic carbocycles. The van der Waals surface area contributed by atoms with Crippen molar-refractivity contribution < 1.29 is 19.3 Å². The van der Waals surface area contributed by atoms with Crippen LogP contribution in [0.4, 0.5) is 0 Å². The lowest BCUT2D eigenvalue weighted by atomic mass is 9.85. The van der Waals surface area contributed by atoms with Gasteiger partial charge in [-0.25, -0.2) is 0 Å². The van der Waals surface area contributed by atoms with Gasteiger partial charge in [0.05, 0.1) is 6.61 Å². The van der Waals surface area contributed by atoms with Crippen molar-refractivity contribution in [2.24, 2.45) is 0 Å². The summed E-state index contributed by atoms with van der Waals surface area (Å²) in [4.78, 5) is 0. The van der Waals surface area contributed by atoms with Gasteiger partial charge in [-0.1, -0.05) is 47.7 Å². The highest BCUT2D eigenvalue weighted by molar-refractivity contribution is 5.95. The molecule has 4 heteroatoms. The van der Waals surface area contributed by atoms with Crippen LogP contribution in [0, 0.1) is 18.8 Å². The molecule has 3 aromatic rings. The first kappa shape index (κ1) is 23.2. The maximum Gasteiger partial charge on any atom is 0.199 e. The van der Waals surface area contributed by atoms with Crippen LogP contribution in [0.1, 0.15) is 60.1 Å². The maximum absolute atomic E-state index is 9.00. The smallest absolute Gasteiger partial charge is 0.199 e. The summed E-state index contributed by atoms with van der Waals surface area (Å²) in [5.41, 5.74) is 7.59. The normalized spacial score (nSPS) is 19.3. The van der Waals surface area contributed by atoms with E-state index < -0.39 is 0 Å². The summed E-state index contributed by atoms with van der Waals surface area (Å²) in [7, 11) is 0. The Morgan fingerprint density at radius 3 is 2.63 bits per heavy atom. The van der Waals surface area contributed by atoms with Gasteiger partial charge in [-0.15, -0.1) is 0 Å². The predicted octanol–water partition coefficient (Wildman–Crippen LogP) is 6.31. The van der Waals surface area contributed by atoms with Gasteiger partial charge >= 0.3 is 0 Å². The Hall–Kier alpha value is -3.52. The molecule has 2 heterocycles. The second kappa shape index (κ2) is 10.4. The summed E-state index contributed by atoms with van der Waals surface area (Å²) in [5, 5.41) is 9.00. The minimum Gasteiger partial charge on any atom is -0.480 e. The van der Waals surface area contributed by atoms with E-state index in [9.17, 15) is 0 Å². The molecule has 5 rings (SSSR count). The summed E-state index contributed by atoms with van der Waals surface area (Å²) in [6.45, 7) is 4.87. The Morgan fingerprint density at radius 1 is 1.00 bits per heavy atom. The number of ether oxygens (including phenoxy) is 3. The zero-order valence-corrected chi connectivity index (χ0v) is 20.2. The van der Waals surface area contributed by atoms with Gasteiger partial charge in [0, 0.05) is 23.1 Å². The molecule has 2 aliphatic heterocycles. The average Bonchev–Trinajstić information content (AvgIpc) is 2.89. The lowest BCUT2D eigenvalue weighted by molar-refractivity contribution is -0.105. The molecular formula is C31H30O4. The quantitative estimate of drug-likeness (QED) is 0.458. The van der Waals surface area contributed by atoms with Crippen molar-refractivity contribution in [3.8, 4) is 23.3 Å². The minimum absolute atomic E-state index is 0.153. The molecule has 1 N–H and O–H groups in total. The number of aliphatic hydroxyl groups excluding tert-OH is 1. The molecule has 0 saturated carbocycles. The van der Waals surface area contributed by atoms with Crippen molar-refractivity contribution in [2.75, 3.05) is 13.2 Å². The minimum atomic E-state index is -0.272. The van der Waals surface area contributed by atoms with Crippen molar-refractivity contribution in [3.63, 3.8) is 0 Å². The van der Waals surface area contributed by atoms with Gasteiger partial charge in [-0.3, -0.25) is 0 Å². The molecule has 1 fully saturated rings. The van der Waals surface area contributed by atoms with Crippen LogP contribution >= 0.6 is 0 Å². The summed E-state index contributed by atoms with van der Waals surface area (Å²) in [6, 6.07) is 22.6. The van der Waals surface area contributed by atoms with E-state index in [0.29, 0.717) is 0 Å². The summed E-state index contributed by atoms with van der Waals surface area (Å²) < 4.78 is 18.6. The molecule has 4 nitrogen and oxygen atoms in total. The van der Waals surface area contributed by atoms with Crippen LogP contribution in [0.25, 0.3) is 11.1 Å². The van der Waals surface area contributed by atoms with Crippen molar-refractivity contribution in [1.82, 2.24) is 0 Å². The molecule has 2 atom stereocenters. The number of hydrogen-bond donors (Lipinski definition) is 1. The molecule has 2 aliphatic rings. The second-order valence-electron chi connectivity index (χ2n) is 9.06. The van der Waals surface area contributed by atoms with Gasteiger partial charge in [0.1, 0.15) is 24.2 Å². The van der Waals surface area contributed by atoms with E-state index in [1.54, 1.807) is 0 Å². The first-order chi connectivity index (χ1) is 17.1. The maximum atomic E-state index is 9.00. The molecule has 178 valence electrons. The number of allylic oxidation sites excluding steroid dienone is 1. The van der Waals surface area contributed by atoms with Gasteiger partial charge in [0.25, 0.3) is 0 Å². The molecule has 0 amide bonds. The molecule has 1 saturated heterocycles. The molecule has 0 bridgehead atoms. The van der Waals surface area contributed by atoms with E-state index in [1.165, 1.54) is 11.1 Å². The molecular weight excluding hydrogens is 436 g/mol. The zero-order valence-electron chi connectivity index (χ0n) is 20.2. The van der Waals surface area contributed by atoms with Crippen LogP contribution < -0.4 is 9.47 Å². The van der Waals surface area contributed by atoms with Crippen molar-refractivity contribution in [1.29, 1.82) is 0 Å². The molecule has 2 unspecified atom stereocenters. The Kier molecular flexibility index (Phi) is 6.90. The van der Waals surface area contributed by atoms with Gasteiger partial charge in [-0.2, -0.15) is 0 Å². The molecule has 0 aromatic heterocycles. The molecule has 3 aromatic carbocycles. The third kappa shape index (κ3) is 5.12.